The van der Waals surface area contributed by atoms with Gasteiger partial charge in [-0.05, 0) is 22.1 Å². The molecule has 0 bridgehead atoms. The van der Waals surface area contributed by atoms with Crippen molar-refractivity contribution in [2.75, 3.05) is 5.75 Å². The van der Waals surface area contributed by atoms with E-state index in [2.05, 4.69) is 29.6 Å². The SMILES string of the molecule is CCSC1=C(C#N)C(c2cccc3ccccc23)CC(=O)N1. The van der Waals surface area contributed by atoms with E-state index in [1.807, 2.05) is 31.2 Å². The van der Waals surface area contributed by atoms with Gasteiger partial charge in [-0.2, -0.15) is 5.26 Å². The van der Waals surface area contributed by atoms with Crippen LogP contribution in [-0.4, -0.2) is 11.7 Å². The van der Waals surface area contributed by atoms with Crippen molar-refractivity contribution in [3.63, 3.8) is 0 Å². The number of nitrogens with one attached hydrogen (secondary N) is 1. The Balaban J connectivity index is 2.18. The molecule has 1 heterocycles. The highest BCUT2D eigenvalue weighted by Gasteiger charge is 2.30. The highest BCUT2D eigenvalue weighted by molar-refractivity contribution is 8.03. The van der Waals surface area contributed by atoms with E-state index in [0.717, 1.165) is 22.1 Å². The molecule has 1 amide bonds. The summed E-state index contributed by atoms with van der Waals surface area (Å²) < 4.78 is 0. The van der Waals surface area contributed by atoms with Crippen LogP contribution < -0.4 is 5.32 Å². The molecule has 3 nitrogen and oxygen atoms in total. The second-order valence-corrected chi connectivity index (χ2v) is 6.44. The predicted octanol–water partition coefficient (Wildman–Crippen LogP) is 3.93. The minimum absolute atomic E-state index is 0.0205. The van der Waals surface area contributed by atoms with Crippen molar-refractivity contribution in [3.8, 4) is 6.07 Å². The molecule has 2 aromatic rings. The zero-order chi connectivity index (χ0) is 15.5. The van der Waals surface area contributed by atoms with Crippen molar-refractivity contribution >= 4 is 28.4 Å². The van der Waals surface area contributed by atoms with Gasteiger partial charge in [0.1, 0.15) is 0 Å². The molecule has 1 aliphatic rings. The van der Waals surface area contributed by atoms with Crippen molar-refractivity contribution in [2.24, 2.45) is 0 Å². The first-order valence-corrected chi connectivity index (χ1v) is 8.27. The quantitative estimate of drug-likeness (QED) is 0.934. The zero-order valence-corrected chi connectivity index (χ0v) is 13.1. The molecule has 1 aliphatic heterocycles. The first-order valence-electron chi connectivity index (χ1n) is 7.29. The van der Waals surface area contributed by atoms with Crippen LogP contribution in [0.3, 0.4) is 0 Å². The fraction of sp³-hybridized carbons (Fsp3) is 0.222. The summed E-state index contributed by atoms with van der Waals surface area (Å²) in [5, 5.41) is 15.4. The second kappa shape index (κ2) is 6.25. The van der Waals surface area contributed by atoms with Crippen LogP contribution in [0.5, 0.6) is 0 Å². The summed E-state index contributed by atoms with van der Waals surface area (Å²) in [6, 6.07) is 16.5. The summed E-state index contributed by atoms with van der Waals surface area (Å²) in [4.78, 5) is 12.1. The number of allylic oxidation sites excluding steroid dienone is 1. The Hall–Kier alpha value is -2.25. The molecule has 0 saturated heterocycles. The monoisotopic (exact) mass is 308 g/mol. The number of rotatable bonds is 3. The minimum Gasteiger partial charge on any atom is -0.320 e. The molecule has 22 heavy (non-hydrogen) atoms. The van der Waals surface area contributed by atoms with Gasteiger partial charge in [-0.15, -0.1) is 11.8 Å². The number of hydrogen-bond acceptors (Lipinski definition) is 3. The Bertz CT molecular complexity index is 799. The molecule has 110 valence electrons. The summed E-state index contributed by atoms with van der Waals surface area (Å²) in [5.41, 5.74) is 1.72. The fourth-order valence-electron chi connectivity index (χ4n) is 2.90. The van der Waals surface area contributed by atoms with Crippen LogP contribution in [0, 0.1) is 11.3 Å². The number of amides is 1. The standard InChI is InChI=1S/C18H16N2OS/c1-2-22-18-16(11-19)15(10-17(21)20-18)14-9-5-7-12-6-3-4-8-13(12)14/h3-9,15H,2,10H2,1H3,(H,20,21). The summed E-state index contributed by atoms with van der Waals surface area (Å²) in [7, 11) is 0. The highest BCUT2D eigenvalue weighted by atomic mass is 32.2. The first kappa shape index (κ1) is 14.7. The molecule has 3 rings (SSSR count). The van der Waals surface area contributed by atoms with Crippen molar-refractivity contribution in [3.05, 3.63) is 58.6 Å². The maximum Gasteiger partial charge on any atom is 0.225 e. The van der Waals surface area contributed by atoms with Crippen LogP contribution in [0.4, 0.5) is 0 Å². The largest absolute Gasteiger partial charge is 0.320 e. The number of carbonyl (C=O) groups is 1. The summed E-state index contributed by atoms with van der Waals surface area (Å²) in [6.45, 7) is 2.01. The van der Waals surface area contributed by atoms with Crippen LogP contribution in [0.2, 0.25) is 0 Å². The minimum atomic E-state index is -0.168. The zero-order valence-electron chi connectivity index (χ0n) is 12.3. The number of thioether (sulfide) groups is 1. The fourth-order valence-corrected chi connectivity index (χ4v) is 3.72. The average molecular weight is 308 g/mol. The summed E-state index contributed by atoms with van der Waals surface area (Å²) in [6.07, 6.45) is 0.324. The number of hydrogen-bond donors (Lipinski definition) is 1. The van der Waals surface area contributed by atoms with E-state index in [0.29, 0.717) is 17.0 Å². The van der Waals surface area contributed by atoms with Crippen LogP contribution in [0.15, 0.2) is 53.1 Å². The molecule has 1 atom stereocenters. The maximum atomic E-state index is 12.1. The Labute approximate surface area is 134 Å². The molecule has 0 aliphatic carbocycles. The van der Waals surface area contributed by atoms with E-state index < -0.39 is 0 Å². The van der Waals surface area contributed by atoms with Gasteiger partial charge in [-0.1, -0.05) is 49.4 Å². The third-order valence-electron chi connectivity index (χ3n) is 3.84. The molecule has 1 N–H and O–H groups in total. The first-order chi connectivity index (χ1) is 10.7. The molecular weight excluding hydrogens is 292 g/mol. The molecule has 0 radical (unpaired) electrons. The van der Waals surface area contributed by atoms with Crippen molar-refractivity contribution in [1.82, 2.24) is 5.32 Å². The van der Waals surface area contributed by atoms with Crippen LogP contribution in [-0.2, 0) is 4.79 Å². The summed E-state index contributed by atoms with van der Waals surface area (Å²) in [5.74, 6) is 0.634. The van der Waals surface area contributed by atoms with Gasteiger partial charge in [-0.3, -0.25) is 4.79 Å². The number of nitrogens with zero attached hydrogens (tertiary/aromatic N) is 1. The molecular formula is C18H16N2OS. The molecule has 2 aromatic carbocycles. The molecule has 0 aromatic heterocycles. The van der Waals surface area contributed by atoms with Crippen LogP contribution >= 0.6 is 11.8 Å². The molecule has 0 fully saturated rings. The normalized spacial score (nSPS) is 18.2. The summed E-state index contributed by atoms with van der Waals surface area (Å²) >= 11 is 1.52. The lowest BCUT2D eigenvalue weighted by molar-refractivity contribution is -0.120. The van der Waals surface area contributed by atoms with Gasteiger partial charge < -0.3 is 5.32 Å². The van der Waals surface area contributed by atoms with Gasteiger partial charge in [0, 0.05) is 12.3 Å². The molecule has 1 unspecified atom stereocenters. The second-order valence-electron chi connectivity index (χ2n) is 5.16. The number of fused-ring (bicyclic) bond motifs is 1. The Morgan fingerprint density at radius 2 is 2.05 bits per heavy atom. The smallest absolute Gasteiger partial charge is 0.225 e. The van der Waals surface area contributed by atoms with Crippen LogP contribution in [0.25, 0.3) is 10.8 Å². The third kappa shape index (κ3) is 2.60. The molecule has 4 heteroatoms. The van der Waals surface area contributed by atoms with E-state index in [4.69, 9.17) is 0 Å². The van der Waals surface area contributed by atoms with Gasteiger partial charge in [0.15, 0.2) is 0 Å². The lowest BCUT2D eigenvalue weighted by Gasteiger charge is -2.25. The number of benzene rings is 2. The van der Waals surface area contributed by atoms with Crippen LogP contribution in [0.1, 0.15) is 24.8 Å². The Kier molecular flexibility index (Phi) is 4.17. The van der Waals surface area contributed by atoms with Gasteiger partial charge in [0.25, 0.3) is 0 Å². The van der Waals surface area contributed by atoms with Crippen molar-refractivity contribution in [2.45, 2.75) is 19.3 Å². The average Bonchev–Trinajstić information content (AvgIpc) is 2.54. The van der Waals surface area contributed by atoms with Crippen molar-refractivity contribution in [1.29, 1.82) is 5.26 Å². The highest BCUT2D eigenvalue weighted by Crippen LogP contribution is 2.38. The number of nitriles is 1. The van der Waals surface area contributed by atoms with E-state index in [9.17, 15) is 10.1 Å². The number of carbonyl (C=O) groups excluding carboxylic acids is 1. The van der Waals surface area contributed by atoms with E-state index in [1.165, 1.54) is 11.8 Å². The van der Waals surface area contributed by atoms with Gasteiger partial charge in [-0.25, -0.2) is 0 Å². The van der Waals surface area contributed by atoms with E-state index >= 15 is 0 Å². The Morgan fingerprint density at radius 3 is 2.82 bits per heavy atom. The predicted molar refractivity (Wildman–Crippen MR) is 90.2 cm³/mol. The third-order valence-corrected chi connectivity index (χ3v) is 4.74. The van der Waals surface area contributed by atoms with E-state index in [1.54, 1.807) is 0 Å². The lowest BCUT2D eigenvalue weighted by atomic mass is 9.84. The van der Waals surface area contributed by atoms with Gasteiger partial charge >= 0.3 is 0 Å². The van der Waals surface area contributed by atoms with Crippen molar-refractivity contribution < 1.29 is 4.79 Å². The lowest BCUT2D eigenvalue weighted by Crippen LogP contribution is -2.30. The van der Waals surface area contributed by atoms with Gasteiger partial charge in [0.2, 0.25) is 5.91 Å². The molecule has 0 spiro atoms. The van der Waals surface area contributed by atoms with Gasteiger partial charge in [0.05, 0.1) is 16.7 Å². The maximum absolute atomic E-state index is 12.1. The topological polar surface area (TPSA) is 52.9 Å². The Morgan fingerprint density at radius 1 is 1.27 bits per heavy atom. The molecule has 0 saturated carbocycles. The van der Waals surface area contributed by atoms with E-state index in [-0.39, 0.29) is 11.8 Å².